The minimum Gasteiger partial charge on any atom is -0.496 e. The topological polar surface area (TPSA) is 50.8 Å². The minimum absolute atomic E-state index is 0.183. The third-order valence-electron chi connectivity index (χ3n) is 4.35. The molecule has 0 bridgehead atoms. The predicted octanol–water partition coefficient (Wildman–Crippen LogP) is 1.73. The van der Waals surface area contributed by atoms with E-state index in [-0.39, 0.29) is 12.0 Å². The van der Waals surface area contributed by atoms with E-state index in [0.29, 0.717) is 13.1 Å². The van der Waals surface area contributed by atoms with Gasteiger partial charge >= 0.3 is 0 Å². The van der Waals surface area contributed by atoms with Crippen molar-refractivity contribution in [1.82, 2.24) is 10.2 Å². The quantitative estimate of drug-likeness (QED) is 0.900. The lowest BCUT2D eigenvalue weighted by molar-refractivity contribution is -0.129. The van der Waals surface area contributed by atoms with Gasteiger partial charge in [0.15, 0.2) is 0 Å². The first-order valence-electron chi connectivity index (χ1n) is 8.02. The number of hydrogen-bond donors (Lipinski definition) is 1. The maximum atomic E-state index is 12.0. The molecule has 22 heavy (non-hydrogen) atoms. The van der Waals surface area contributed by atoms with Crippen molar-refractivity contribution < 1.29 is 14.3 Å². The molecule has 0 saturated carbocycles. The van der Waals surface area contributed by atoms with E-state index in [0.717, 1.165) is 49.4 Å². The van der Waals surface area contributed by atoms with Gasteiger partial charge in [0.2, 0.25) is 5.91 Å². The van der Waals surface area contributed by atoms with Crippen LogP contribution < -0.4 is 14.8 Å². The number of likely N-dealkylation sites (tertiary alicyclic amines) is 1. The summed E-state index contributed by atoms with van der Waals surface area (Å²) in [6.07, 6.45) is 3.40. The third kappa shape index (κ3) is 3.19. The van der Waals surface area contributed by atoms with Crippen LogP contribution in [0.2, 0.25) is 0 Å². The van der Waals surface area contributed by atoms with Crippen LogP contribution in [0.3, 0.4) is 0 Å². The fourth-order valence-corrected chi connectivity index (χ4v) is 3.19. The number of carbonyl (C=O) groups excluding carboxylic acids is 1. The molecule has 3 rings (SSSR count). The lowest BCUT2D eigenvalue weighted by Gasteiger charge is -2.16. The average Bonchev–Trinajstić information content (AvgIpc) is 3.14. The number of nitrogens with one attached hydrogen (secondary N) is 1. The summed E-state index contributed by atoms with van der Waals surface area (Å²) in [5.74, 6) is 1.98. The van der Waals surface area contributed by atoms with E-state index in [9.17, 15) is 4.79 Å². The SMILES string of the molecule is COc1cc2c(cc1CNCC(=O)N1CCCC1)OC(C)C2. The molecule has 1 fully saturated rings. The number of rotatable bonds is 5. The molecule has 0 aliphatic carbocycles. The highest BCUT2D eigenvalue weighted by Gasteiger charge is 2.22. The second-order valence-electron chi connectivity index (χ2n) is 6.10. The molecule has 5 nitrogen and oxygen atoms in total. The Labute approximate surface area is 131 Å². The van der Waals surface area contributed by atoms with Gasteiger partial charge in [-0.15, -0.1) is 0 Å². The van der Waals surface area contributed by atoms with Gasteiger partial charge in [0.1, 0.15) is 17.6 Å². The molecule has 1 N–H and O–H groups in total. The second kappa shape index (κ2) is 6.57. The van der Waals surface area contributed by atoms with Gasteiger partial charge in [-0.05, 0) is 31.9 Å². The van der Waals surface area contributed by atoms with Crippen molar-refractivity contribution in [2.24, 2.45) is 0 Å². The highest BCUT2D eigenvalue weighted by atomic mass is 16.5. The Morgan fingerprint density at radius 3 is 2.91 bits per heavy atom. The highest BCUT2D eigenvalue weighted by Crippen LogP contribution is 2.34. The number of methoxy groups -OCH3 is 1. The van der Waals surface area contributed by atoms with Crippen molar-refractivity contribution in [2.75, 3.05) is 26.7 Å². The number of hydrogen-bond acceptors (Lipinski definition) is 4. The zero-order chi connectivity index (χ0) is 15.5. The molecule has 1 saturated heterocycles. The number of carbonyl (C=O) groups is 1. The van der Waals surface area contributed by atoms with Crippen LogP contribution in [0.1, 0.15) is 30.9 Å². The second-order valence-corrected chi connectivity index (χ2v) is 6.10. The summed E-state index contributed by atoms with van der Waals surface area (Å²) in [5, 5.41) is 3.23. The largest absolute Gasteiger partial charge is 0.496 e. The highest BCUT2D eigenvalue weighted by molar-refractivity contribution is 5.78. The fourth-order valence-electron chi connectivity index (χ4n) is 3.19. The van der Waals surface area contributed by atoms with Gasteiger partial charge in [-0.2, -0.15) is 0 Å². The first kappa shape index (κ1) is 15.2. The Kier molecular flexibility index (Phi) is 4.52. The summed E-state index contributed by atoms with van der Waals surface area (Å²) < 4.78 is 11.3. The zero-order valence-corrected chi connectivity index (χ0v) is 13.4. The summed E-state index contributed by atoms with van der Waals surface area (Å²) >= 11 is 0. The summed E-state index contributed by atoms with van der Waals surface area (Å²) in [6.45, 7) is 4.84. The van der Waals surface area contributed by atoms with Gasteiger partial charge in [-0.25, -0.2) is 0 Å². The average molecular weight is 304 g/mol. The van der Waals surface area contributed by atoms with Crippen LogP contribution >= 0.6 is 0 Å². The van der Waals surface area contributed by atoms with Gasteiger partial charge in [0.05, 0.1) is 13.7 Å². The number of fused-ring (bicyclic) bond motifs is 1. The van der Waals surface area contributed by atoms with Gasteiger partial charge in [0.25, 0.3) is 0 Å². The van der Waals surface area contributed by atoms with Crippen molar-refractivity contribution in [1.29, 1.82) is 0 Å². The molecule has 120 valence electrons. The summed E-state index contributed by atoms with van der Waals surface area (Å²) in [4.78, 5) is 14.0. The van der Waals surface area contributed by atoms with E-state index in [1.807, 2.05) is 11.0 Å². The summed E-state index contributed by atoms with van der Waals surface area (Å²) in [6, 6.07) is 4.09. The Morgan fingerprint density at radius 2 is 2.18 bits per heavy atom. The molecule has 1 atom stereocenters. The van der Waals surface area contributed by atoms with E-state index in [2.05, 4.69) is 18.3 Å². The Morgan fingerprint density at radius 1 is 1.41 bits per heavy atom. The lowest BCUT2D eigenvalue weighted by atomic mass is 10.1. The summed E-state index contributed by atoms with van der Waals surface area (Å²) in [5.41, 5.74) is 2.23. The monoisotopic (exact) mass is 304 g/mol. The number of amides is 1. The third-order valence-corrected chi connectivity index (χ3v) is 4.35. The van der Waals surface area contributed by atoms with E-state index in [1.54, 1.807) is 7.11 Å². The Bertz CT molecular complexity index is 553. The van der Waals surface area contributed by atoms with E-state index in [4.69, 9.17) is 9.47 Å². The Hall–Kier alpha value is -1.75. The van der Waals surface area contributed by atoms with Gasteiger partial charge in [0, 0.05) is 37.2 Å². The van der Waals surface area contributed by atoms with Gasteiger partial charge in [-0.1, -0.05) is 0 Å². The van der Waals surface area contributed by atoms with Crippen LogP contribution in [0.25, 0.3) is 0 Å². The number of ether oxygens (including phenoxy) is 2. The van der Waals surface area contributed by atoms with Crippen molar-refractivity contribution in [3.63, 3.8) is 0 Å². The van der Waals surface area contributed by atoms with Crippen LogP contribution in [-0.4, -0.2) is 43.7 Å². The molecule has 2 aliphatic rings. The molecule has 2 aliphatic heterocycles. The molecular weight excluding hydrogens is 280 g/mol. The summed E-state index contributed by atoms with van der Waals surface area (Å²) in [7, 11) is 1.68. The predicted molar refractivity (Wildman–Crippen MR) is 84.3 cm³/mol. The molecule has 2 heterocycles. The number of benzene rings is 1. The molecule has 1 unspecified atom stereocenters. The zero-order valence-electron chi connectivity index (χ0n) is 13.4. The molecule has 1 aromatic carbocycles. The first-order valence-corrected chi connectivity index (χ1v) is 8.02. The van der Waals surface area contributed by atoms with Crippen molar-refractivity contribution in [3.05, 3.63) is 23.3 Å². The molecule has 0 spiro atoms. The standard InChI is InChI=1S/C17H24N2O3/c1-12-7-13-8-15(21-2)14(9-16(13)22-12)10-18-11-17(20)19-5-3-4-6-19/h8-9,12,18H,3-7,10-11H2,1-2H3. The molecule has 0 radical (unpaired) electrons. The maximum Gasteiger partial charge on any atom is 0.236 e. The lowest BCUT2D eigenvalue weighted by Crippen LogP contribution is -2.36. The molecule has 1 amide bonds. The smallest absolute Gasteiger partial charge is 0.236 e. The maximum absolute atomic E-state index is 12.0. The van der Waals surface area contributed by atoms with Crippen molar-refractivity contribution in [2.45, 2.75) is 38.8 Å². The molecule has 1 aromatic rings. The van der Waals surface area contributed by atoms with Crippen LogP contribution in [-0.2, 0) is 17.8 Å². The van der Waals surface area contributed by atoms with Crippen LogP contribution in [0.5, 0.6) is 11.5 Å². The molecule has 0 aromatic heterocycles. The van der Waals surface area contributed by atoms with Gasteiger partial charge < -0.3 is 19.7 Å². The van der Waals surface area contributed by atoms with Crippen molar-refractivity contribution in [3.8, 4) is 11.5 Å². The van der Waals surface area contributed by atoms with Crippen LogP contribution in [0.15, 0.2) is 12.1 Å². The van der Waals surface area contributed by atoms with Crippen molar-refractivity contribution >= 4 is 5.91 Å². The van der Waals surface area contributed by atoms with E-state index in [1.165, 1.54) is 5.56 Å². The molecule has 5 heteroatoms. The Balaban J connectivity index is 1.60. The number of nitrogens with zero attached hydrogens (tertiary/aromatic N) is 1. The normalized spacial score (nSPS) is 19.9. The van der Waals surface area contributed by atoms with E-state index < -0.39 is 0 Å². The van der Waals surface area contributed by atoms with Gasteiger partial charge in [-0.3, -0.25) is 4.79 Å². The van der Waals surface area contributed by atoms with E-state index >= 15 is 0 Å². The van der Waals surface area contributed by atoms with Crippen LogP contribution in [0.4, 0.5) is 0 Å². The first-order chi connectivity index (χ1) is 10.7. The molecular formula is C17H24N2O3. The fraction of sp³-hybridized carbons (Fsp3) is 0.588. The minimum atomic E-state index is 0.183. The van der Waals surface area contributed by atoms with Crippen LogP contribution in [0, 0.1) is 0 Å².